The molecule has 128 valence electrons. The first kappa shape index (κ1) is 17.3. The standard InChI is InChI=1S/C17H12Cl2N2O4/c1-23-15-4-10(8-22)2-3-14(15)24-9-16-20-17(21-25-16)11-5-12(18)7-13(19)6-11/h2-8H,9H2,1H3. The Morgan fingerprint density at radius 2 is 1.88 bits per heavy atom. The molecule has 25 heavy (non-hydrogen) atoms. The Balaban J connectivity index is 1.75. The van der Waals surface area contributed by atoms with Crippen molar-refractivity contribution in [3.8, 4) is 22.9 Å². The predicted octanol–water partition coefficient (Wildman–Crippen LogP) is 4.44. The average molecular weight is 379 g/mol. The topological polar surface area (TPSA) is 74.5 Å². The summed E-state index contributed by atoms with van der Waals surface area (Å²) in [5.41, 5.74) is 1.13. The van der Waals surface area contributed by atoms with Gasteiger partial charge in [-0.2, -0.15) is 4.98 Å². The van der Waals surface area contributed by atoms with Gasteiger partial charge in [0.1, 0.15) is 6.29 Å². The van der Waals surface area contributed by atoms with Gasteiger partial charge in [0.2, 0.25) is 5.82 Å². The van der Waals surface area contributed by atoms with Gasteiger partial charge < -0.3 is 14.0 Å². The summed E-state index contributed by atoms with van der Waals surface area (Å²) in [7, 11) is 1.49. The number of rotatable bonds is 6. The molecule has 0 fully saturated rings. The smallest absolute Gasteiger partial charge is 0.264 e. The molecule has 0 unspecified atom stereocenters. The highest BCUT2D eigenvalue weighted by atomic mass is 35.5. The van der Waals surface area contributed by atoms with Gasteiger partial charge in [-0.15, -0.1) is 0 Å². The number of aldehydes is 1. The maximum atomic E-state index is 10.8. The lowest BCUT2D eigenvalue weighted by Gasteiger charge is -2.09. The number of hydrogen-bond donors (Lipinski definition) is 0. The number of halogens is 2. The molecule has 1 aromatic heterocycles. The summed E-state index contributed by atoms with van der Waals surface area (Å²) >= 11 is 11.9. The summed E-state index contributed by atoms with van der Waals surface area (Å²) in [5.74, 6) is 1.52. The van der Waals surface area contributed by atoms with Gasteiger partial charge in [-0.3, -0.25) is 4.79 Å². The first-order valence-electron chi connectivity index (χ1n) is 7.14. The summed E-state index contributed by atoms with van der Waals surface area (Å²) in [6.45, 7) is 0.0398. The van der Waals surface area contributed by atoms with Gasteiger partial charge in [0.25, 0.3) is 5.89 Å². The molecule has 0 N–H and O–H groups in total. The summed E-state index contributed by atoms with van der Waals surface area (Å²) < 4.78 is 16.0. The van der Waals surface area contributed by atoms with Crippen LogP contribution >= 0.6 is 23.2 Å². The van der Waals surface area contributed by atoms with Crippen molar-refractivity contribution in [2.45, 2.75) is 6.61 Å². The third kappa shape index (κ3) is 4.10. The van der Waals surface area contributed by atoms with Crippen LogP contribution in [0.15, 0.2) is 40.9 Å². The lowest BCUT2D eigenvalue weighted by Crippen LogP contribution is -1.98. The number of carbonyl (C=O) groups excluding carboxylic acids is 1. The zero-order valence-electron chi connectivity index (χ0n) is 13.0. The molecule has 6 nitrogen and oxygen atoms in total. The Kier molecular flexibility index (Phi) is 5.21. The minimum absolute atomic E-state index is 0.0398. The van der Waals surface area contributed by atoms with Crippen molar-refractivity contribution in [3.05, 3.63) is 57.9 Å². The van der Waals surface area contributed by atoms with E-state index in [0.717, 1.165) is 6.29 Å². The lowest BCUT2D eigenvalue weighted by molar-refractivity contribution is 0.112. The monoisotopic (exact) mass is 378 g/mol. The maximum Gasteiger partial charge on any atom is 0.264 e. The molecule has 3 aromatic rings. The van der Waals surface area contributed by atoms with Crippen LogP contribution < -0.4 is 9.47 Å². The number of ether oxygens (including phenoxy) is 2. The zero-order chi connectivity index (χ0) is 17.8. The van der Waals surface area contributed by atoms with Crippen LogP contribution in [0.2, 0.25) is 10.0 Å². The fourth-order valence-corrected chi connectivity index (χ4v) is 2.66. The Hall–Kier alpha value is -2.57. The molecular weight excluding hydrogens is 367 g/mol. The van der Waals surface area contributed by atoms with E-state index in [1.807, 2.05) is 0 Å². The SMILES string of the molecule is COc1cc(C=O)ccc1OCc1nc(-c2cc(Cl)cc(Cl)c2)no1. The van der Waals surface area contributed by atoms with E-state index in [1.54, 1.807) is 36.4 Å². The number of aromatic nitrogens is 2. The highest BCUT2D eigenvalue weighted by molar-refractivity contribution is 6.35. The van der Waals surface area contributed by atoms with Crippen LogP contribution in [-0.4, -0.2) is 23.5 Å². The molecule has 2 aromatic carbocycles. The zero-order valence-corrected chi connectivity index (χ0v) is 14.5. The molecule has 0 radical (unpaired) electrons. The molecule has 0 atom stereocenters. The van der Waals surface area contributed by atoms with E-state index in [-0.39, 0.29) is 12.5 Å². The number of hydrogen-bond acceptors (Lipinski definition) is 6. The summed E-state index contributed by atoms with van der Waals surface area (Å²) in [6, 6.07) is 9.82. The van der Waals surface area contributed by atoms with Crippen LogP contribution in [0, 0.1) is 0 Å². The highest BCUT2D eigenvalue weighted by Gasteiger charge is 2.12. The summed E-state index contributed by atoms with van der Waals surface area (Å²) in [6.07, 6.45) is 0.729. The van der Waals surface area contributed by atoms with Crippen LogP contribution in [-0.2, 0) is 6.61 Å². The lowest BCUT2D eigenvalue weighted by atomic mass is 10.2. The number of methoxy groups -OCH3 is 1. The van der Waals surface area contributed by atoms with Gasteiger partial charge in [0, 0.05) is 21.2 Å². The van der Waals surface area contributed by atoms with Crippen molar-refractivity contribution in [2.24, 2.45) is 0 Å². The van der Waals surface area contributed by atoms with Gasteiger partial charge in [0.15, 0.2) is 18.1 Å². The van der Waals surface area contributed by atoms with Crippen molar-refractivity contribution in [3.63, 3.8) is 0 Å². The molecule has 0 spiro atoms. The Labute approximate surface area is 153 Å². The molecule has 0 saturated carbocycles. The second-order valence-corrected chi connectivity index (χ2v) is 5.86. The number of carbonyl (C=O) groups is 1. The van der Waals surface area contributed by atoms with E-state index in [0.29, 0.717) is 38.5 Å². The van der Waals surface area contributed by atoms with Crippen molar-refractivity contribution in [1.29, 1.82) is 0 Å². The Morgan fingerprint density at radius 1 is 1.12 bits per heavy atom. The minimum Gasteiger partial charge on any atom is -0.493 e. The second kappa shape index (κ2) is 7.55. The van der Waals surface area contributed by atoms with Crippen LogP contribution in [0.3, 0.4) is 0 Å². The first-order valence-corrected chi connectivity index (χ1v) is 7.89. The molecule has 0 aliphatic heterocycles. The van der Waals surface area contributed by atoms with E-state index in [9.17, 15) is 4.79 Å². The predicted molar refractivity (Wildman–Crippen MR) is 92.5 cm³/mol. The molecule has 0 amide bonds. The fourth-order valence-electron chi connectivity index (χ4n) is 2.13. The van der Waals surface area contributed by atoms with Crippen LogP contribution in [0.5, 0.6) is 11.5 Å². The van der Waals surface area contributed by atoms with Crippen LogP contribution in [0.4, 0.5) is 0 Å². The molecule has 8 heteroatoms. The Morgan fingerprint density at radius 3 is 2.56 bits per heavy atom. The van der Waals surface area contributed by atoms with Crippen LogP contribution in [0.25, 0.3) is 11.4 Å². The Bertz CT molecular complexity index is 891. The van der Waals surface area contributed by atoms with Gasteiger partial charge in [0.05, 0.1) is 7.11 Å². The summed E-state index contributed by atoms with van der Waals surface area (Å²) in [4.78, 5) is 15.1. The molecule has 3 rings (SSSR count). The highest BCUT2D eigenvalue weighted by Crippen LogP contribution is 2.29. The van der Waals surface area contributed by atoms with E-state index in [2.05, 4.69) is 10.1 Å². The molecule has 0 aliphatic rings. The van der Waals surface area contributed by atoms with E-state index in [4.69, 9.17) is 37.2 Å². The fraction of sp³-hybridized carbons (Fsp3) is 0.118. The van der Waals surface area contributed by atoms with Gasteiger partial charge in [-0.25, -0.2) is 0 Å². The van der Waals surface area contributed by atoms with E-state index < -0.39 is 0 Å². The maximum absolute atomic E-state index is 10.8. The third-order valence-electron chi connectivity index (χ3n) is 3.26. The summed E-state index contributed by atoms with van der Waals surface area (Å²) in [5, 5.41) is 4.84. The van der Waals surface area contributed by atoms with E-state index in [1.165, 1.54) is 7.11 Å². The van der Waals surface area contributed by atoms with Gasteiger partial charge in [-0.1, -0.05) is 28.4 Å². The van der Waals surface area contributed by atoms with Gasteiger partial charge in [-0.05, 0) is 36.4 Å². The number of nitrogens with zero attached hydrogens (tertiary/aromatic N) is 2. The molecule has 1 heterocycles. The first-order chi connectivity index (χ1) is 12.1. The number of benzene rings is 2. The minimum atomic E-state index is 0.0398. The van der Waals surface area contributed by atoms with E-state index >= 15 is 0 Å². The van der Waals surface area contributed by atoms with Crippen molar-refractivity contribution in [1.82, 2.24) is 10.1 Å². The molecular formula is C17H12Cl2N2O4. The largest absolute Gasteiger partial charge is 0.493 e. The van der Waals surface area contributed by atoms with Crippen molar-refractivity contribution >= 4 is 29.5 Å². The quantitative estimate of drug-likeness (QED) is 0.590. The van der Waals surface area contributed by atoms with Gasteiger partial charge >= 0.3 is 0 Å². The van der Waals surface area contributed by atoms with Crippen molar-refractivity contribution < 1.29 is 18.8 Å². The van der Waals surface area contributed by atoms with Crippen LogP contribution in [0.1, 0.15) is 16.2 Å². The molecule has 0 bridgehead atoms. The average Bonchev–Trinajstić information content (AvgIpc) is 3.08. The molecule has 0 aliphatic carbocycles. The second-order valence-electron chi connectivity index (χ2n) is 4.99. The van der Waals surface area contributed by atoms with Crippen molar-refractivity contribution in [2.75, 3.05) is 7.11 Å². The molecule has 0 saturated heterocycles. The normalized spacial score (nSPS) is 10.5. The third-order valence-corrected chi connectivity index (χ3v) is 3.70.